The second-order valence-corrected chi connectivity index (χ2v) is 6.27. The van der Waals surface area contributed by atoms with Crippen molar-refractivity contribution in [1.82, 2.24) is 14.5 Å². The maximum Gasteiger partial charge on any atom is 0.122 e. The summed E-state index contributed by atoms with van der Waals surface area (Å²) in [6, 6.07) is 11.3. The smallest absolute Gasteiger partial charge is 0.122 e. The van der Waals surface area contributed by atoms with Gasteiger partial charge in [-0.15, -0.1) is 0 Å². The molecule has 2 rings (SSSR count). The normalized spacial score (nSPS) is 13.0. The third-order valence-electron chi connectivity index (χ3n) is 4.05. The molecule has 0 saturated carbocycles. The molecule has 0 amide bonds. The first-order chi connectivity index (χ1) is 10.1. The second kappa shape index (κ2) is 7.41. The van der Waals surface area contributed by atoms with Crippen molar-refractivity contribution in [2.24, 2.45) is 13.0 Å². The molecule has 0 saturated heterocycles. The lowest BCUT2D eigenvalue weighted by atomic mass is 9.96. The van der Waals surface area contributed by atoms with Gasteiger partial charge in [0.15, 0.2) is 0 Å². The van der Waals surface area contributed by atoms with Crippen LogP contribution >= 0.6 is 0 Å². The Bertz CT molecular complexity index is 530. The number of hydrogen-bond acceptors (Lipinski definition) is 2. The van der Waals surface area contributed by atoms with E-state index in [9.17, 15) is 0 Å². The number of nitrogens with zero attached hydrogens (tertiary/aromatic N) is 3. The van der Waals surface area contributed by atoms with Crippen LogP contribution < -0.4 is 0 Å². The van der Waals surface area contributed by atoms with Crippen molar-refractivity contribution in [2.75, 3.05) is 7.05 Å². The highest BCUT2D eigenvalue weighted by Gasteiger charge is 2.18. The maximum absolute atomic E-state index is 4.45. The van der Waals surface area contributed by atoms with Crippen LogP contribution in [0.2, 0.25) is 0 Å². The van der Waals surface area contributed by atoms with Gasteiger partial charge in [-0.05, 0) is 31.4 Å². The molecule has 1 aromatic heterocycles. The summed E-state index contributed by atoms with van der Waals surface area (Å²) in [5.74, 6) is 1.85. The summed E-state index contributed by atoms with van der Waals surface area (Å²) in [7, 11) is 4.26. The zero-order valence-electron chi connectivity index (χ0n) is 13.7. The fourth-order valence-corrected chi connectivity index (χ4v) is 2.69. The highest BCUT2D eigenvalue weighted by Crippen LogP contribution is 2.27. The Morgan fingerprint density at radius 3 is 2.43 bits per heavy atom. The predicted octanol–water partition coefficient (Wildman–Crippen LogP) is 4.03. The molecule has 3 nitrogen and oxygen atoms in total. The zero-order valence-corrected chi connectivity index (χ0v) is 13.7. The molecule has 2 aromatic rings. The molecule has 0 spiro atoms. The van der Waals surface area contributed by atoms with Crippen molar-refractivity contribution < 1.29 is 0 Å². The second-order valence-electron chi connectivity index (χ2n) is 6.27. The van der Waals surface area contributed by atoms with E-state index in [1.54, 1.807) is 0 Å². The van der Waals surface area contributed by atoms with Crippen molar-refractivity contribution in [2.45, 2.75) is 39.3 Å². The van der Waals surface area contributed by atoms with Gasteiger partial charge >= 0.3 is 0 Å². The molecule has 0 unspecified atom stereocenters. The van der Waals surface area contributed by atoms with E-state index in [2.05, 4.69) is 72.7 Å². The van der Waals surface area contributed by atoms with Crippen molar-refractivity contribution in [3.05, 3.63) is 54.1 Å². The molecule has 0 bridgehead atoms. The Balaban J connectivity index is 2.12. The Labute approximate surface area is 128 Å². The Kier molecular flexibility index (Phi) is 5.57. The maximum atomic E-state index is 4.45. The minimum absolute atomic E-state index is 0.449. The molecule has 1 heterocycles. The third-order valence-corrected chi connectivity index (χ3v) is 4.05. The number of imidazole rings is 1. The third kappa shape index (κ3) is 4.43. The van der Waals surface area contributed by atoms with Gasteiger partial charge in [0, 0.05) is 25.5 Å². The Morgan fingerprint density at radius 1 is 1.14 bits per heavy atom. The van der Waals surface area contributed by atoms with Crippen LogP contribution in [0.25, 0.3) is 0 Å². The van der Waals surface area contributed by atoms with Crippen LogP contribution in [-0.4, -0.2) is 21.5 Å². The van der Waals surface area contributed by atoms with Gasteiger partial charge < -0.3 is 4.57 Å². The molecule has 0 radical (unpaired) electrons. The molecule has 0 N–H and O–H groups in total. The van der Waals surface area contributed by atoms with Gasteiger partial charge in [0.25, 0.3) is 0 Å². The zero-order chi connectivity index (χ0) is 15.2. The van der Waals surface area contributed by atoms with Crippen molar-refractivity contribution >= 4 is 0 Å². The average molecular weight is 285 g/mol. The summed E-state index contributed by atoms with van der Waals surface area (Å²) in [5, 5.41) is 0. The van der Waals surface area contributed by atoms with E-state index >= 15 is 0 Å². The molecular formula is C18H27N3. The summed E-state index contributed by atoms with van der Waals surface area (Å²) in [6.07, 6.45) is 6.30. The van der Waals surface area contributed by atoms with Crippen LogP contribution in [-0.2, 0) is 13.6 Å². The van der Waals surface area contributed by atoms with E-state index in [4.69, 9.17) is 0 Å². The largest absolute Gasteiger partial charge is 0.337 e. The standard InChI is InChI=1S/C18H27N3/c1-15(2)10-11-17(16-8-6-5-7-9-16)21(4)14-18-19-12-13-20(18)3/h5-9,12-13,15,17H,10-11,14H2,1-4H3/t17-/m0/s1. The molecular weight excluding hydrogens is 258 g/mol. The Morgan fingerprint density at radius 2 is 1.86 bits per heavy atom. The van der Waals surface area contributed by atoms with E-state index in [1.807, 2.05) is 12.4 Å². The summed E-state index contributed by atoms with van der Waals surface area (Å²) in [6.45, 7) is 5.46. The van der Waals surface area contributed by atoms with E-state index in [-0.39, 0.29) is 0 Å². The van der Waals surface area contributed by atoms with E-state index in [0.29, 0.717) is 6.04 Å². The lowest BCUT2D eigenvalue weighted by Crippen LogP contribution is -2.26. The number of aryl methyl sites for hydroxylation is 1. The van der Waals surface area contributed by atoms with Crippen LogP contribution in [0.1, 0.15) is 44.1 Å². The molecule has 0 fully saturated rings. The quantitative estimate of drug-likeness (QED) is 0.766. The van der Waals surface area contributed by atoms with Gasteiger partial charge in [-0.3, -0.25) is 4.90 Å². The minimum Gasteiger partial charge on any atom is -0.337 e. The fourth-order valence-electron chi connectivity index (χ4n) is 2.69. The highest BCUT2D eigenvalue weighted by atomic mass is 15.2. The van der Waals surface area contributed by atoms with Crippen LogP contribution in [0.15, 0.2) is 42.7 Å². The molecule has 0 aliphatic carbocycles. The first kappa shape index (κ1) is 15.8. The number of aromatic nitrogens is 2. The van der Waals surface area contributed by atoms with Crippen LogP contribution in [0.3, 0.4) is 0 Å². The minimum atomic E-state index is 0.449. The molecule has 21 heavy (non-hydrogen) atoms. The molecule has 0 aliphatic rings. The van der Waals surface area contributed by atoms with Crippen molar-refractivity contribution in [3.63, 3.8) is 0 Å². The monoisotopic (exact) mass is 285 g/mol. The average Bonchev–Trinajstić information content (AvgIpc) is 2.85. The van der Waals surface area contributed by atoms with Crippen LogP contribution in [0, 0.1) is 5.92 Å². The topological polar surface area (TPSA) is 21.1 Å². The lowest BCUT2D eigenvalue weighted by molar-refractivity contribution is 0.208. The Hall–Kier alpha value is -1.61. The molecule has 3 heteroatoms. The summed E-state index contributed by atoms with van der Waals surface area (Å²) >= 11 is 0. The SMILES string of the molecule is CC(C)CC[C@@H](c1ccccc1)N(C)Cc1nccn1C. The molecule has 1 atom stereocenters. The van der Waals surface area contributed by atoms with Crippen LogP contribution in [0.5, 0.6) is 0 Å². The van der Waals surface area contributed by atoms with Gasteiger partial charge in [-0.25, -0.2) is 4.98 Å². The number of benzene rings is 1. The molecule has 1 aromatic carbocycles. The molecule has 114 valence electrons. The predicted molar refractivity (Wildman–Crippen MR) is 87.9 cm³/mol. The van der Waals surface area contributed by atoms with E-state index < -0.39 is 0 Å². The molecule has 0 aliphatic heterocycles. The number of rotatable bonds is 7. The highest BCUT2D eigenvalue weighted by molar-refractivity contribution is 5.19. The van der Waals surface area contributed by atoms with Gasteiger partial charge in [0.1, 0.15) is 5.82 Å². The first-order valence-electron chi connectivity index (χ1n) is 7.79. The van der Waals surface area contributed by atoms with E-state index in [0.717, 1.165) is 18.3 Å². The van der Waals surface area contributed by atoms with Crippen LogP contribution in [0.4, 0.5) is 0 Å². The summed E-state index contributed by atoms with van der Waals surface area (Å²) in [5.41, 5.74) is 1.40. The van der Waals surface area contributed by atoms with Gasteiger partial charge in [0.2, 0.25) is 0 Å². The van der Waals surface area contributed by atoms with Crippen molar-refractivity contribution in [3.8, 4) is 0 Å². The first-order valence-corrected chi connectivity index (χ1v) is 7.79. The van der Waals surface area contributed by atoms with Gasteiger partial charge in [-0.1, -0.05) is 44.2 Å². The van der Waals surface area contributed by atoms with E-state index in [1.165, 1.54) is 18.4 Å². The fraction of sp³-hybridized carbons (Fsp3) is 0.500. The van der Waals surface area contributed by atoms with Gasteiger partial charge in [0.05, 0.1) is 6.54 Å². The van der Waals surface area contributed by atoms with Crippen molar-refractivity contribution in [1.29, 1.82) is 0 Å². The summed E-state index contributed by atoms with van der Waals surface area (Å²) < 4.78 is 2.10. The lowest BCUT2D eigenvalue weighted by Gasteiger charge is -2.29. The summed E-state index contributed by atoms with van der Waals surface area (Å²) in [4.78, 5) is 6.87. The number of hydrogen-bond donors (Lipinski definition) is 0. The van der Waals surface area contributed by atoms with Gasteiger partial charge in [-0.2, -0.15) is 0 Å².